The molecule has 0 bridgehead atoms. The van der Waals surface area contributed by atoms with Crippen LogP contribution in [0.5, 0.6) is 0 Å². The number of amides is 2. The summed E-state index contributed by atoms with van der Waals surface area (Å²) in [4.78, 5) is 87.4. The summed E-state index contributed by atoms with van der Waals surface area (Å²) in [6, 6.07) is 3.36. The lowest BCUT2D eigenvalue weighted by Crippen LogP contribution is -2.33. The Kier molecular flexibility index (Phi) is 15.6. The minimum Gasteiger partial charge on any atom is -0.356 e. The molecule has 0 aliphatic rings. The highest BCUT2D eigenvalue weighted by Gasteiger charge is 2.20. The number of carbonyl (C=O) groups excluding carboxylic acids is 6. The van der Waals surface area contributed by atoms with Gasteiger partial charge >= 0.3 is 0 Å². The van der Waals surface area contributed by atoms with Crippen molar-refractivity contribution in [3.63, 3.8) is 0 Å². The van der Waals surface area contributed by atoms with Crippen LogP contribution in [-0.4, -0.2) is 101 Å². The van der Waals surface area contributed by atoms with Crippen molar-refractivity contribution in [1.82, 2.24) is 43.8 Å². The number of hydrogen-bond acceptors (Lipinski definition) is 9. The van der Waals surface area contributed by atoms with Gasteiger partial charge in [0.05, 0.1) is 17.8 Å². The van der Waals surface area contributed by atoms with Gasteiger partial charge in [0.25, 0.3) is 5.91 Å². The Morgan fingerprint density at radius 2 is 1.33 bits per heavy atom. The molecule has 0 aromatic carbocycles. The van der Waals surface area contributed by atoms with Gasteiger partial charge in [-0.05, 0) is 62.7 Å². The van der Waals surface area contributed by atoms with E-state index in [9.17, 15) is 28.8 Å². The lowest BCUT2D eigenvalue weighted by atomic mass is 10.1. The maximum Gasteiger partial charge on any atom is 0.267 e. The number of imidazole rings is 2. The molecule has 0 fully saturated rings. The highest BCUT2D eigenvalue weighted by atomic mass is 16.2. The topological polar surface area (TPSA) is 175 Å². The smallest absolute Gasteiger partial charge is 0.267 e. The molecule has 4 aromatic heterocycles. The average Bonchev–Trinajstić information content (AvgIpc) is 3.91. The lowest BCUT2D eigenvalue weighted by Gasteiger charge is -2.16. The number of Topliss-reactive ketones (excluding diaryl/α,β-unsaturated/α-hetero) is 4. The third-order valence-electron chi connectivity index (χ3n) is 9.42. The number of aryl methyl sites for hydroxylation is 4. The second-order valence-corrected chi connectivity index (χ2v) is 14.3. The zero-order chi connectivity index (χ0) is 40.1. The molecule has 4 rings (SSSR count). The van der Waals surface area contributed by atoms with Crippen LogP contribution in [0.3, 0.4) is 0 Å². The van der Waals surface area contributed by atoms with E-state index in [1.54, 1.807) is 89.6 Å². The van der Waals surface area contributed by atoms with Crippen LogP contribution in [0.2, 0.25) is 0 Å². The van der Waals surface area contributed by atoms with Crippen LogP contribution in [0, 0.1) is 0 Å². The van der Waals surface area contributed by atoms with Gasteiger partial charge in [0.15, 0.2) is 17.4 Å². The van der Waals surface area contributed by atoms with Crippen LogP contribution in [0.1, 0.15) is 111 Å². The van der Waals surface area contributed by atoms with Crippen molar-refractivity contribution >= 4 is 34.9 Å². The summed E-state index contributed by atoms with van der Waals surface area (Å²) in [6.07, 6.45) is 12.6. The second-order valence-electron chi connectivity index (χ2n) is 14.3. The molecule has 0 aliphatic carbocycles. The van der Waals surface area contributed by atoms with E-state index in [-0.39, 0.29) is 85.8 Å². The number of unbranched alkanes of at least 4 members (excludes halogenated alkanes) is 1. The normalized spacial score (nSPS) is 11.3. The Morgan fingerprint density at radius 3 is 2.00 bits per heavy atom. The fourth-order valence-corrected chi connectivity index (χ4v) is 6.45. The third-order valence-corrected chi connectivity index (χ3v) is 9.42. The van der Waals surface area contributed by atoms with E-state index in [0.29, 0.717) is 47.0 Å². The van der Waals surface area contributed by atoms with Crippen molar-refractivity contribution in [1.29, 1.82) is 0 Å². The van der Waals surface area contributed by atoms with Gasteiger partial charge in [-0.25, -0.2) is 9.97 Å². The lowest BCUT2D eigenvalue weighted by molar-refractivity contribution is -0.121. The second kappa shape index (κ2) is 20.3. The predicted molar refractivity (Wildman–Crippen MR) is 207 cm³/mol. The van der Waals surface area contributed by atoms with Gasteiger partial charge in [-0.2, -0.15) is 0 Å². The number of nitrogens with zero attached hydrogens (tertiary/aromatic N) is 7. The Hall–Kier alpha value is -5.44. The Labute approximate surface area is 322 Å². The van der Waals surface area contributed by atoms with E-state index < -0.39 is 0 Å². The molecule has 55 heavy (non-hydrogen) atoms. The van der Waals surface area contributed by atoms with E-state index in [1.165, 1.54) is 0 Å². The monoisotopic (exact) mass is 757 g/mol. The summed E-state index contributed by atoms with van der Waals surface area (Å²) in [5, 5.41) is 5.68. The standard InChI is InChI=1S/C40H55N9O6/c1-7-8-17-45(2)18-10-14-41-37(54)13-15-43-40(55)33-21-29(26-48(33)5)23-36(53)39-44-30(27-49(39)6)24-31(50)11-9-12-34(51)32-20-28(25-47(32)4)22-35(52)38-42-16-19-46(38)3/h16,19-21,25-27H,7-15,17-18,22-24H2,1-6H3,(H,41,54)(H,43,55). The minimum absolute atomic E-state index is 0.00947. The molecule has 2 amide bonds. The van der Waals surface area contributed by atoms with Gasteiger partial charge < -0.3 is 33.8 Å². The number of aromatic nitrogens is 6. The molecule has 0 spiro atoms. The number of carbonyl (C=O) groups is 6. The van der Waals surface area contributed by atoms with Gasteiger partial charge in [0, 0.05) is 104 Å². The molecular weight excluding hydrogens is 702 g/mol. The molecule has 0 saturated heterocycles. The molecule has 296 valence electrons. The summed E-state index contributed by atoms with van der Waals surface area (Å²) in [6.45, 7) is 4.90. The van der Waals surface area contributed by atoms with Gasteiger partial charge in [0.1, 0.15) is 11.5 Å². The average molecular weight is 758 g/mol. The first-order chi connectivity index (χ1) is 26.2. The SMILES string of the molecule is CCCCN(C)CCCNC(=O)CCNC(=O)c1cc(CC(=O)c2nc(CC(=O)CCCC(=O)c3cc(CC(=O)c4nccn4C)cn3C)cn2C)cn1C. The van der Waals surface area contributed by atoms with Crippen molar-refractivity contribution in [3.8, 4) is 0 Å². The molecule has 4 heterocycles. The van der Waals surface area contributed by atoms with Crippen LogP contribution in [0.15, 0.2) is 43.1 Å². The van der Waals surface area contributed by atoms with Crippen LogP contribution in [-0.2, 0) is 57.0 Å². The molecule has 15 heteroatoms. The Morgan fingerprint density at radius 1 is 0.673 bits per heavy atom. The number of nitrogens with one attached hydrogen (secondary N) is 2. The van der Waals surface area contributed by atoms with Crippen molar-refractivity contribution in [3.05, 3.63) is 83.0 Å². The van der Waals surface area contributed by atoms with Gasteiger partial charge in [-0.3, -0.25) is 28.8 Å². The predicted octanol–water partition coefficient (Wildman–Crippen LogP) is 3.20. The highest BCUT2D eigenvalue weighted by Crippen LogP contribution is 2.16. The van der Waals surface area contributed by atoms with E-state index in [2.05, 4.69) is 39.5 Å². The third kappa shape index (κ3) is 12.6. The van der Waals surface area contributed by atoms with Crippen LogP contribution >= 0.6 is 0 Å². The molecule has 15 nitrogen and oxygen atoms in total. The van der Waals surface area contributed by atoms with E-state index in [4.69, 9.17) is 0 Å². The zero-order valence-electron chi connectivity index (χ0n) is 33.0. The molecule has 2 N–H and O–H groups in total. The van der Waals surface area contributed by atoms with E-state index >= 15 is 0 Å². The number of hydrogen-bond donors (Lipinski definition) is 2. The molecular formula is C40H55N9O6. The van der Waals surface area contributed by atoms with Gasteiger partial charge in [0.2, 0.25) is 17.5 Å². The summed E-state index contributed by atoms with van der Waals surface area (Å²) in [7, 11) is 8.99. The molecule has 0 aliphatic heterocycles. The summed E-state index contributed by atoms with van der Waals surface area (Å²) in [5.41, 5.74) is 2.65. The van der Waals surface area contributed by atoms with Crippen molar-refractivity contribution in [2.24, 2.45) is 28.2 Å². The van der Waals surface area contributed by atoms with E-state index in [0.717, 1.165) is 32.4 Å². The fraction of sp³-hybridized carbons (Fsp3) is 0.500. The first-order valence-corrected chi connectivity index (χ1v) is 18.9. The summed E-state index contributed by atoms with van der Waals surface area (Å²) >= 11 is 0. The maximum absolute atomic E-state index is 13.2. The quantitative estimate of drug-likeness (QED) is 0.0804. The Balaban J connectivity index is 1.18. The van der Waals surface area contributed by atoms with Gasteiger partial charge in [-0.15, -0.1) is 0 Å². The minimum atomic E-state index is -0.340. The van der Waals surface area contributed by atoms with Gasteiger partial charge in [-0.1, -0.05) is 13.3 Å². The molecule has 0 saturated carbocycles. The molecule has 0 radical (unpaired) electrons. The van der Waals surface area contributed by atoms with Crippen LogP contribution in [0.25, 0.3) is 0 Å². The largest absolute Gasteiger partial charge is 0.356 e. The number of rotatable bonds is 24. The zero-order valence-corrected chi connectivity index (χ0v) is 33.0. The highest BCUT2D eigenvalue weighted by molar-refractivity contribution is 5.98. The van der Waals surface area contributed by atoms with Crippen molar-refractivity contribution in [2.75, 3.05) is 33.2 Å². The summed E-state index contributed by atoms with van der Waals surface area (Å²) in [5.74, 6) is -0.520. The van der Waals surface area contributed by atoms with Crippen LogP contribution < -0.4 is 10.6 Å². The van der Waals surface area contributed by atoms with E-state index in [1.807, 2.05) is 0 Å². The summed E-state index contributed by atoms with van der Waals surface area (Å²) < 4.78 is 6.59. The van der Waals surface area contributed by atoms with Crippen LogP contribution in [0.4, 0.5) is 0 Å². The first-order valence-electron chi connectivity index (χ1n) is 18.9. The Bertz CT molecular complexity index is 1980. The first kappa shape index (κ1) is 42.3. The number of ketones is 4. The molecule has 0 atom stereocenters. The fourth-order valence-electron chi connectivity index (χ4n) is 6.45. The van der Waals surface area contributed by atoms with Crippen molar-refractivity contribution < 1.29 is 28.8 Å². The molecule has 0 unspecified atom stereocenters. The molecule has 4 aromatic rings. The van der Waals surface area contributed by atoms with Crippen molar-refractivity contribution in [2.45, 2.75) is 71.1 Å². The maximum atomic E-state index is 13.2.